The van der Waals surface area contributed by atoms with Gasteiger partial charge in [0.15, 0.2) is 11.5 Å². The van der Waals surface area contributed by atoms with Crippen LogP contribution in [-0.4, -0.2) is 68.9 Å². The molecule has 5 heterocycles. The fraction of sp³-hybridized carbons (Fsp3) is 0.323. The van der Waals surface area contributed by atoms with Crippen molar-refractivity contribution in [1.82, 2.24) is 35.2 Å². The number of nitriles is 1. The molecule has 3 N–H and O–H groups in total. The number of fused-ring (bicyclic) bond motifs is 3. The van der Waals surface area contributed by atoms with Crippen LogP contribution >= 0.6 is 0 Å². The van der Waals surface area contributed by atoms with E-state index in [1.54, 1.807) is 25.4 Å². The molecule has 0 atom stereocenters. The molecule has 44 heavy (non-hydrogen) atoms. The van der Waals surface area contributed by atoms with Gasteiger partial charge >= 0.3 is 0 Å². The predicted molar refractivity (Wildman–Crippen MR) is 163 cm³/mol. The Bertz CT molecular complexity index is 1820. The van der Waals surface area contributed by atoms with E-state index in [0.29, 0.717) is 30.2 Å². The average molecular weight is 590 g/mol. The Hall–Kier alpha value is -5.35. The first-order chi connectivity index (χ1) is 21.4. The molecule has 1 saturated heterocycles. The van der Waals surface area contributed by atoms with Gasteiger partial charge in [0.1, 0.15) is 0 Å². The van der Waals surface area contributed by atoms with E-state index in [2.05, 4.69) is 57.7 Å². The van der Waals surface area contributed by atoms with Crippen LogP contribution in [0.25, 0.3) is 11.1 Å². The van der Waals surface area contributed by atoms with Gasteiger partial charge in [-0.3, -0.25) is 24.2 Å². The van der Waals surface area contributed by atoms with Gasteiger partial charge in [-0.2, -0.15) is 10.4 Å². The second-order valence-corrected chi connectivity index (χ2v) is 11.5. The number of carbonyl (C=O) groups excluding carboxylic acids is 2. The summed E-state index contributed by atoms with van der Waals surface area (Å²) in [7, 11) is 3.58. The summed E-state index contributed by atoms with van der Waals surface area (Å²) >= 11 is 0. The van der Waals surface area contributed by atoms with E-state index in [9.17, 15) is 14.9 Å². The minimum atomic E-state index is -0.384. The monoisotopic (exact) mass is 589 g/mol. The Morgan fingerprint density at radius 2 is 1.93 bits per heavy atom. The maximum atomic E-state index is 12.7. The van der Waals surface area contributed by atoms with Crippen LogP contribution in [-0.2, 0) is 17.9 Å². The molecule has 3 aliphatic rings. The predicted octanol–water partition coefficient (Wildman–Crippen LogP) is 3.07. The van der Waals surface area contributed by atoms with Crippen molar-refractivity contribution in [1.29, 1.82) is 5.26 Å². The van der Waals surface area contributed by atoms with Crippen LogP contribution in [0.5, 0.6) is 0 Å². The van der Waals surface area contributed by atoms with Crippen molar-refractivity contribution in [3.05, 3.63) is 71.4 Å². The van der Waals surface area contributed by atoms with Crippen LogP contribution < -0.4 is 20.9 Å². The third-order valence-electron chi connectivity index (χ3n) is 8.31. The number of para-hydroxylation sites is 1. The number of anilines is 4. The topological polar surface area (TPSA) is 157 Å². The molecule has 3 aromatic heterocycles. The van der Waals surface area contributed by atoms with E-state index in [-0.39, 0.29) is 29.5 Å². The van der Waals surface area contributed by atoms with Crippen molar-refractivity contribution in [2.75, 3.05) is 42.7 Å². The van der Waals surface area contributed by atoms with Gasteiger partial charge in [0.2, 0.25) is 5.91 Å². The summed E-state index contributed by atoms with van der Waals surface area (Å²) in [4.78, 5) is 33.9. The van der Waals surface area contributed by atoms with E-state index in [1.807, 2.05) is 31.4 Å². The number of hydrogen-bond acceptors (Lipinski definition) is 10. The Morgan fingerprint density at radius 1 is 1.09 bits per heavy atom. The molecular formula is C31H31N11O2. The van der Waals surface area contributed by atoms with Gasteiger partial charge in [-0.05, 0) is 31.0 Å². The molecule has 2 amide bonds. The Kier molecular flexibility index (Phi) is 6.90. The number of amides is 2. The van der Waals surface area contributed by atoms with Gasteiger partial charge in [0, 0.05) is 63.0 Å². The lowest BCUT2D eigenvalue weighted by Gasteiger charge is -2.40. The fourth-order valence-corrected chi connectivity index (χ4v) is 5.90. The number of nitrogens with one attached hydrogen (secondary N) is 3. The highest BCUT2D eigenvalue weighted by molar-refractivity contribution is 6.01. The minimum Gasteiger partial charge on any atom is -0.366 e. The summed E-state index contributed by atoms with van der Waals surface area (Å²) in [5.41, 5.74) is 7.10. The molecule has 13 heteroatoms. The van der Waals surface area contributed by atoms with Gasteiger partial charge in [0.25, 0.3) is 5.91 Å². The van der Waals surface area contributed by atoms with Crippen molar-refractivity contribution in [2.45, 2.75) is 32.0 Å². The van der Waals surface area contributed by atoms with Gasteiger partial charge in [0.05, 0.1) is 58.9 Å². The van der Waals surface area contributed by atoms with Gasteiger partial charge in [-0.25, -0.2) is 0 Å². The zero-order valence-electron chi connectivity index (χ0n) is 24.4. The van der Waals surface area contributed by atoms with Crippen molar-refractivity contribution in [3.8, 4) is 17.2 Å². The molecule has 0 bridgehead atoms. The van der Waals surface area contributed by atoms with Crippen LogP contribution in [0.1, 0.15) is 46.3 Å². The number of benzene rings is 1. The number of rotatable bonds is 8. The first-order valence-corrected chi connectivity index (χ1v) is 14.6. The van der Waals surface area contributed by atoms with E-state index in [1.165, 1.54) is 0 Å². The summed E-state index contributed by atoms with van der Waals surface area (Å²) in [5.74, 6) is -0.163. The Morgan fingerprint density at radius 3 is 2.70 bits per heavy atom. The average Bonchev–Trinajstić information content (AvgIpc) is 3.79. The number of pyridine rings is 1. The smallest absolute Gasteiger partial charge is 0.273 e. The van der Waals surface area contributed by atoms with Gasteiger partial charge in [-0.1, -0.05) is 12.1 Å². The van der Waals surface area contributed by atoms with Crippen LogP contribution in [0.4, 0.5) is 22.9 Å². The number of hydrogen-bond donors (Lipinski definition) is 3. The van der Waals surface area contributed by atoms with E-state index >= 15 is 0 Å². The molecule has 13 nitrogen and oxygen atoms in total. The molecule has 7 rings (SSSR count). The quantitative estimate of drug-likeness (QED) is 0.279. The van der Waals surface area contributed by atoms with E-state index in [4.69, 9.17) is 5.10 Å². The first-order valence-electron chi connectivity index (χ1n) is 14.6. The lowest BCUT2D eigenvalue weighted by molar-refractivity contribution is -0.117. The molecule has 2 aliphatic heterocycles. The Labute approximate surface area is 253 Å². The Balaban J connectivity index is 1.13. The van der Waals surface area contributed by atoms with Crippen molar-refractivity contribution < 1.29 is 9.59 Å². The third-order valence-corrected chi connectivity index (χ3v) is 8.31. The standard InChI is InChI=1S/C31H31N11O2/c1-33-31(44)28-25(11-27(38-39-28)37-30(43)19-6-7-19)36-24-5-3-4-22-23-13-35-42(26(23)17-40(2)29(22)24)21-15-41(16-21)14-20-10-18(12-32)8-9-34-20/h3-5,8-11,13,19,21H,6-7,14-17H2,1-2H3,(H,33,44)(H2,36,37,38,43). The SMILES string of the molecule is CNC(=O)c1nnc(NC(=O)C2CC2)cc1Nc1cccc2c1N(C)Cc1c-2cnn1C1CN(Cc2cc(C#N)ccn2)C1. The normalized spacial score (nSPS) is 15.9. The van der Waals surface area contributed by atoms with E-state index < -0.39 is 0 Å². The van der Waals surface area contributed by atoms with Gasteiger partial charge < -0.3 is 20.9 Å². The molecule has 1 saturated carbocycles. The zero-order chi connectivity index (χ0) is 30.4. The second kappa shape index (κ2) is 11.1. The molecular weight excluding hydrogens is 558 g/mol. The molecule has 2 fully saturated rings. The van der Waals surface area contributed by atoms with Crippen LogP contribution in [0.2, 0.25) is 0 Å². The lowest BCUT2D eigenvalue weighted by atomic mass is 9.97. The van der Waals surface area contributed by atoms with Crippen LogP contribution in [0.15, 0.2) is 48.8 Å². The largest absolute Gasteiger partial charge is 0.366 e. The second-order valence-electron chi connectivity index (χ2n) is 11.5. The highest BCUT2D eigenvalue weighted by Gasteiger charge is 2.34. The third kappa shape index (κ3) is 5.09. The van der Waals surface area contributed by atoms with Crippen molar-refractivity contribution in [2.24, 2.45) is 5.92 Å². The molecule has 222 valence electrons. The van der Waals surface area contributed by atoms with E-state index in [0.717, 1.165) is 59.8 Å². The highest BCUT2D eigenvalue weighted by Crippen LogP contribution is 2.45. The fourth-order valence-electron chi connectivity index (χ4n) is 5.90. The number of nitrogens with zero attached hydrogens (tertiary/aromatic N) is 8. The van der Waals surface area contributed by atoms with Crippen molar-refractivity contribution in [3.63, 3.8) is 0 Å². The highest BCUT2D eigenvalue weighted by atomic mass is 16.2. The first kappa shape index (κ1) is 27.5. The number of likely N-dealkylation sites (tertiary alicyclic amines) is 1. The molecule has 1 aromatic carbocycles. The minimum absolute atomic E-state index is 0.0123. The molecule has 0 unspecified atom stereocenters. The molecule has 4 aromatic rings. The van der Waals surface area contributed by atoms with Crippen LogP contribution in [0, 0.1) is 17.2 Å². The summed E-state index contributed by atoms with van der Waals surface area (Å²) in [6.07, 6.45) is 5.36. The zero-order valence-corrected chi connectivity index (χ0v) is 24.4. The summed E-state index contributed by atoms with van der Waals surface area (Å²) in [5, 5.41) is 31.1. The molecule has 0 spiro atoms. The van der Waals surface area contributed by atoms with Crippen molar-refractivity contribution >= 4 is 34.7 Å². The summed E-state index contributed by atoms with van der Waals surface area (Å²) < 4.78 is 2.13. The van der Waals surface area contributed by atoms with Crippen LogP contribution in [0.3, 0.4) is 0 Å². The summed E-state index contributed by atoms with van der Waals surface area (Å²) in [6.45, 7) is 3.05. The maximum Gasteiger partial charge on any atom is 0.273 e. The lowest BCUT2D eigenvalue weighted by Crippen LogP contribution is -2.48. The van der Waals surface area contributed by atoms with Gasteiger partial charge in [-0.15, -0.1) is 10.2 Å². The molecule has 0 radical (unpaired) electrons. The number of carbonyl (C=O) groups is 2. The molecule has 1 aliphatic carbocycles. The maximum absolute atomic E-state index is 12.7. The number of aromatic nitrogens is 5. The summed E-state index contributed by atoms with van der Waals surface area (Å²) in [6, 6.07) is 13.6.